The van der Waals surface area contributed by atoms with Crippen molar-refractivity contribution in [2.24, 2.45) is 0 Å². The number of carbonyl (C=O) groups is 1. The fourth-order valence-electron chi connectivity index (χ4n) is 4.61. The van der Waals surface area contributed by atoms with Gasteiger partial charge in [-0.2, -0.15) is 0 Å². The summed E-state index contributed by atoms with van der Waals surface area (Å²) in [5, 5.41) is 10.8. The lowest BCUT2D eigenvalue weighted by Crippen LogP contribution is -2.26. The van der Waals surface area contributed by atoms with Crippen molar-refractivity contribution in [3.8, 4) is 5.75 Å². The molecular formula is C28H29N3O3. The molecule has 5 rings (SSSR count). The molecule has 1 fully saturated rings. The van der Waals surface area contributed by atoms with Crippen LogP contribution in [0.3, 0.4) is 0 Å². The zero-order chi connectivity index (χ0) is 23.5. The number of rotatable bonds is 8. The summed E-state index contributed by atoms with van der Waals surface area (Å²) in [6.07, 6.45) is 0.651. The first-order chi connectivity index (χ1) is 16.6. The van der Waals surface area contributed by atoms with Crippen molar-refractivity contribution in [3.63, 3.8) is 0 Å². The minimum Gasteiger partial charge on any atom is -0.491 e. The number of nitrogens with zero attached hydrogens (tertiary/aromatic N) is 3. The molecule has 2 heterocycles. The normalized spacial score (nSPS) is 16.8. The number of anilines is 1. The predicted molar refractivity (Wildman–Crippen MR) is 133 cm³/mol. The van der Waals surface area contributed by atoms with Crippen LogP contribution in [0.5, 0.6) is 5.75 Å². The zero-order valence-corrected chi connectivity index (χ0v) is 19.3. The van der Waals surface area contributed by atoms with Crippen molar-refractivity contribution in [3.05, 3.63) is 90.3 Å². The summed E-state index contributed by atoms with van der Waals surface area (Å²) in [7, 11) is 0. The number of para-hydroxylation sites is 3. The van der Waals surface area contributed by atoms with E-state index in [1.54, 1.807) is 0 Å². The molecule has 6 heteroatoms. The minimum atomic E-state index is -0.716. The lowest BCUT2D eigenvalue weighted by atomic mass is 10.1. The average Bonchev–Trinajstić information content (AvgIpc) is 3.44. The van der Waals surface area contributed by atoms with E-state index in [2.05, 4.69) is 23.6 Å². The largest absolute Gasteiger partial charge is 0.491 e. The van der Waals surface area contributed by atoms with Gasteiger partial charge in [0, 0.05) is 24.6 Å². The summed E-state index contributed by atoms with van der Waals surface area (Å²) in [4.78, 5) is 19.7. The minimum absolute atomic E-state index is 0.0482. The maximum atomic E-state index is 12.9. The second-order valence-electron chi connectivity index (χ2n) is 8.77. The van der Waals surface area contributed by atoms with Gasteiger partial charge in [0.1, 0.15) is 24.3 Å². The summed E-state index contributed by atoms with van der Waals surface area (Å²) in [6.45, 7) is 3.22. The van der Waals surface area contributed by atoms with Crippen LogP contribution >= 0.6 is 0 Å². The molecule has 1 saturated heterocycles. The van der Waals surface area contributed by atoms with Crippen molar-refractivity contribution < 1.29 is 14.6 Å². The first kappa shape index (κ1) is 22.2. The molecule has 0 aliphatic carbocycles. The summed E-state index contributed by atoms with van der Waals surface area (Å²) in [6, 6.07) is 25.6. The van der Waals surface area contributed by atoms with E-state index in [-0.39, 0.29) is 18.4 Å². The molecule has 4 aromatic rings. The van der Waals surface area contributed by atoms with Crippen LogP contribution < -0.4 is 9.64 Å². The number of aliphatic hydroxyl groups excluding tert-OH is 1. The first-order valence-electron chi connectivity index (χ1n) is 11.8. The van der Waals surface area contributed by atoms with Gasteiger partial charge >= 0.3 is 0 Å². The Kier molecular flexibility index (Phi) is 6.32. The van der Waals surface area contributed by atoms with Crippen molar-refractivity contribution in [1.82, 2.24) is 9.55 Å². The summed E-state index contributed by atoms with van der Waals surface area (Å²) < 4.78 is 7.81. The summed E-state index contributed by atoms with van der Waals surface area (Å²) in [5.41, 5.74) is 3.99. The molecule has 1 aromatic heterocycles. The molecule has 0 unspecified atom stereocenters. The number of fused-ring (bicyclic) bond motifs is 1. The molecular weight excluding hydrogens is 426 g/mol. The second kappa shape index (κ2) is 9.69. The predicted octanol–water partition coefficient (Wildman–Crippen LogP) is 4.56. The van der Waals surface area contributed by atoms with Crippen LogP contribution in [0.15, 0.2) is 78.9 Å². The Morgan fingerprint density at radius 1 is 1.03 bits per heavy atom. The lowest BCUT2D eigenvalue weighted by Gasteiger charge is -2.19. The Morgan fingerprint density at radius 3 is 2.53 bits per heavy atom. The average molecular weight is 456 g/mol. The SMILES string of the molecule is CCc1ccc(N2C[C@@H](c3nc4ccccc4n3C[C@H](O)COc3ccccc3)CC2=O)cc1. The van der Waals surface area contributed by atoms with Crippen LogP contribution in [0.4, 0.5) is 5.69 Å². The van der Waals surface area contributed by atoms with Crippen molar-refractivity contribution in [2.45, 2.75) is 38.3 Å². The Bertz CT molecular complexity index is 1270. The van der Waals surface area contributed by atoms with Crippen LogP contribution in [0.1, 0.15) is 30.7 Å². The molecule has 1 aliphatic heterocycles. The molecule has 0 spiro atoms. The Balaban J connectivity index is 1.37. The molecule has 1 N–H and O–H groups in total. The monoisotopic (exact) mass is 455 g/mol. The maximum absolute atomic E-state index is 12.9. The quantitative estimate of drug-likeness (QED) is 0.423. The van der Waals surface area contributed by atoms with Gasteiger partial charge in [0.15, 0.2) is 0 Å². The maximum Gasteiger partial charge on any atom is 0.227 e. The molecule has 0 radical (unpaired) electrons. The summed E-state index contributed by atoms with van der Waals surface area (Å²) in [5.74, 6) is 1.61. The van der Waals surface area contributed by atoms with E-state index in [1.165, 1.54) is 5.56 Å². The molecule has 1 amide bonds. The van der Waals surface area contributed by atoms with Gasteiger partial charge in [0.25, 0.3) is 0 Å². The number of hydrogen-bond donors (Lipinski definition) is 1. The smallest absolute Gasteiger partial charge is 0.227 e. The van der Waals surface area contributed by atoms with Crippen LogP contribution in [0, 0.1) is 0 Å². The van der Waals surface area contributed by atoms with Gasteiger partial charge in [-0.25, -0.2) is 4.98 Å². The fourth-order valence-corrected chi connectivity index (χ4v) is 4.61. The third-order valence-corrected chi connectivity index (χ3v) is 6.41. The highest BCUT2D eigenvalue weighted by molar-refractivity contribution is 5.96. The topological polar surface area (TPSA) is 67.6 Å². The highest BCUT2D eigenvalue weighted by Gasteiger charge is 2.35. The van der Waals surface area contributed by atoms with Gasteiger partial charge in [-0.05, 0) is 48.4 Å². The Labute approximate surface area is 199 Å². The van der Waals surface area contributed by atoms with E-state index in [4.69, 9.17) is 9.72 Å². The molecule has 174 valence electrons. The number of aliphatic hydroxyl groups is 1. The van der Waals surface area contributed by atoms with Crippen molar-refractivity contribution in [1.29, 1.82) is 0 Å². The molecule has 1 aliphatic rings. The number of amides is 1. The van der Waals surface area contributed by atoms with E-state index in [1.807, 2.05) is 71.6 Å². The van der Waals surface area contributed by atoms with Crippen LogP contribution in [-0.4, -0.2) is 39.8 Å². The number of hydrogen-bond acceptors (Lipinski definition) is 4. The van der Waals surface area contributed by atoms with Gasteiger partial charge in [-0.1, -0.05) is 49.4 Å². The van der Waals surface area contributed by atoms with Crippen LogP contribution in [0.25, 0.3) is 11.0 Å². The number of ether oxygens (including phenoxy) is 1. The van der Waals surface area contributed by atoms with E-state index >= 15 is 0 Å². The standard InChI is InChI=1S/C28H29N3O3/c1-2-20-12-14-22(15-13-20)30-17-21(16-27(30)33)28-29-25-10-6-7-11-26(25)31(28)18-23(32)19-34-24-8-4-3-5-9-24/h3-15,21,23,32H,2,16-19H2,1H3/t21-,23-/m0/s1. The number of carbonyl (C=O) groups excluding carboxylic acids is 1. The summed E-state index contributed by atoms with van der Waals surface area (Å²) >= 11 is 0. The third kappa shape index (κ3) is 4.54. The molecule has 2 atom stereocenters. The van der Waals surface area contributed by atoms with E-state index in [0.717, 1.165) is 34.7 Å². The van der Waals surface area contributed by atoms with E-state index < -0.39 is 6.10 Å². The molecule has 0 saturated carbocycles. The van der Waals surface area contributed by atoms with Gasteiger partial charge in [0.05, 0.1) is 17.6 Å². The van der Waals surface area contributed by atoms with E-state index in [9.17, 15) is 9.90 Å². The number of imidazole rings is 1. The first-order valence-corrected chi connectivity index (χ1v) is 11.8. The molecule has 34 heavy (non-hydrogen) atoms. The number of aryl methyl sites for hydroxylation is 1. The highest BCUT2D eigenvalue weighted by Crippen LogP contribution is 2.33. The van der Waals surface area contributed by atoms with Crippen LogP contribution in [-0.2, 0) is 17.8 Å². The van der Waals surface area contributed by atoms with E-state index in [0.29, 0.717) is 19.5 Å². The molecule has 0 bridgehead atoms. The number of benzene rings is 3. The Hall–Kier alpha value is -3.64. The van der Waals surface area contributed by atoms with Gasteiger partial charge in [0.2, 0.25) is 5.91 Å². The highest BCUT2D eigenvalue weighted by atomic mass is 16.5. The fraction of sp³-hybridized carbons (Fsp3) is 0.286. The molecule has 6 nitrogen and oxygen atoms in total. The molecule has 3 aromatic carbocycles. The second-order valence-corrected chi connectivity index (χ2v) is 8.77. The lowest BCUT2D eigenvalue weighted by molar-refractivity contribution is -0.117. The van der Waals surface area contributed by atoms with Gasteiger partial charge in [-0.3, -0.25) is 4.79 Å². The van der Waals surface area contributed by atoms with Gasteiger partial charge in [-0.15, -0.1) is 0 Å². The Morgan fingerprint density at radius 2 is 1.76 bits per heavy atom. The number of aromatic nitrogens is 2. The van der Waals surface area contributed by atoms with Gasteiger partial charge < -0.3 is 19.3 Å². The van der Waals surface area contributed by atoms with Crippen molar-refractivity contribution in [2.75, 3.05) is 18.1 Å². The van der Waals surface area contributed by atoms with Crippen molar-refractivity contribution >= 4 is 22.6 Å². The third-order valence-electron chi connectivity index (χ3n) is 6.41. The van der Waals surface area contributed by atoms with Crippen LogP contribution in [0.2, 0.25) is 0 Å². The zero-order valence-electron chi connectivity index (χ0n) is 19.3.